The number of benzene rings is 1. The number of ether oxygens (including phenoxy) is 1. The van der Waals surface area contributed by atoms with Crippen LogP contribution in [-0.4, -0.2) is 66.8 Å². The van der Waals surface area contributed by atoms with Gasteiger partial charge in [0.25, 0.3) is 0 Å². The summed E-state index contributed by atoms with van der Waals surface area (Å²) in [5.74, 6) is 1.83. The van der Waals surface area contributed by atoms with Crippen molar-refractivity contribution in [2.45, 2.75) is 56.8 Å². The van der Waals surface area contributed by atoms with Crippen LogP contribution in [0.15, 0.2) is 30.3 Å². The molecule has 2 unspecified atom stereocenters. The number of rotatable bonds is 4. The molecular formula is C23H33N3O2. The van der Waals surface area contributed by atoms with E-state index in [-0.39, 0.29) is 12.1 Å². The number of amides is 1. The number of piperidine rings is 1. The van der Waals surface area contributed by atoms with Gasteiger partial charge >= 0.3 is 0 Å². The zero-order chi connectivity index (χ0) is 18.9. The maximum Gasteiger partial charge on any atom is 0.222 e. The van der Waals surface area contributed by atoms with Crippen LogP contribution in [0.1, 0.15) is 37.7 Å². The summed E-state index contributed by atoms with van der Waals surface area (Å²) >= 11 is 0. The first-order valence-electron chi connectivity index (χ1n) is 11.2. The van der Waals surface area contributed by atoms with E-state index in [1.165, 1.54) is 24.8 Å². The first-order valence-corrected chi connectivity index (χ1v) is 11.2. The zero-order valence-corrected chi connectivity index (χ0v) is 16.8. The van der Waals surface area contributed by atoms with Gasteiger partial charge in [-0.1, -0.05) is 36.8 Å². The average Bonchev–Trinajstić information content (AvgIpc) is 3.32. The molecule has 1 aromatic rings. The van der Waals surface area contributed by atoms with Gasteiger partial charge < -0.3 is 10.1 Å². The number of carbonyl (C=O) groups excluding carboxylic acids is 1. The van der Waals surface area contributed by atoms with E-state index < -0.39 is 0 Å². The minimum atomic E-state index is 0.188. The molecule has 3 aliphatic heterocycles. The Kier molecular flexibility index (Phi) is 5.40. The van der Waals surface area contributed by atoms with E-state index in [4.69, 9.17) is 4.74 Å². The number of carbonyl (C=O) groups is 1. The van der Waals surface area contributed by atoms with E-state index >= 15 is 0 Å². The van der Waals surface area contributed by atoms with Crippen LogP contribution in [0.25, 0.3) is 0 Å². The minimum absolute atomic E-state index is 0.188. The molecule has 3 saturated heterocycles. The number of likely N-dealkylation sites (tertiary alicyclic amines) is 1. The number of fused-ring (bicyclic) bond motifs is 1. The summed E-state index contributed by atoms with van der Waals surface area (Å²) < 4.78 is 5.53. The Morgan fingerprint density at radius 1 is 1.11 bits per heavy atom. The fourth-order valence-corrected chi connectivity index (χ4v) is 6.23. The topological polar surface area (TPSA) is 44.8 Å². The van der Waals surface area contributed by atoms with Gasteiger partial charge in [-0.3, -0.25) is 14.6 Å². The minimum Gasteiger partial charge on any atom is -0.379 e. The van der Waals surface area contributed by atoms with Crippen molar-refractivity contribution in [1.82, 2.24) is 15.1 Å². The first-order chi connectivity index (χ1) is 13.8. The van der Waals surface area contributed by atoms with Crippen LogP contribution in [0.3, 0.4) is 0 Å². The molecule has 1 amide bonds. The lowest BCUT2D eigenvalue weighted by Crippen LogP contribution is -2.60. The highest BCUT2D eigenvalue weighted by atomic mass is 16.5. The van der Waals surface area contributed by atoms with E-state index in [0.717, 1.165) is 57.5 Å². The molecule has 152 valence electrons. The van der Waals surface area contributed by atoms with Gasteiger partial charge in [-0.05, 0) is 43.1 Å². The fourth-order valence-electron chi connectivity index (χ4n) is 6.23. The van der Waals surface area contributed by atoms with Gasteiger partial charge in [0.1, 0.15) is 0 Å². The summed E-state index contributed by atoms with van der Waals surface area (Å²) in [4.78, 5) is 17.8. The summed E-state index contributed by atoms with van der Waals surface area (Å²) in [6, 6.07) is 11.8. The summed E-state index contributed by atoms with van der Waals surface area (Å²) in [7, 11) is 0. The Hall–Kier alpha value is -1.43. The van der Waals surface area contributed by atoms with Crippen molar-refractivity contribution in [3.05, 3.63) is 35.9 Å². The van der Waals surface area contributed by atoms with Crippen LogP contribution in [0.2, 0.25) is 0 Å². The maximum absolute atomic E-state index is 12.6. The molecule has 1 aromatic carbocycles. The molecule has 5 rings (SSSR count). The Bertz CT molecular complexity index is 676. The molecule has 1 aliphatic carbocycles. The van der Waals surface area contributed by atoms with E-state index in [1.54, 1.807) is 0 Å². The normalized spacial score (nSPS) is 37.0. The Labute approximate surface area is 168 Å². The van der Waals surface area contributed by atoms with Crippen LogP contribution < -0.4 is 5.32 Å². The second-order valence-corrected chi connectivity index (χ2v) is 9.13. The van der Waals surface area contributed by atoms with Crippen molar-refractivity contribution in [2.24, 2.45) is 11.8 Å². The maximum atomic E-state index is 12.6. The van der Waals surface area contributed by atoms with Crippen LogP contribution in [0, 0.1) is 11.8 Å². The van der Waals surface area contributed by atoms with Crippen LogP contribution >= 0.6 is 0 Å². The highest BCUT2D eigenvalue weighted by Gasteiger charge is 2.47. The third-order valence-corrected chi connectivity index (χ3v) is 7.58. The van der Waals surface area contributed by atoms with Crippen molar-refractivity contribution in [1.29, 1.82) is 0 Å². The van der Waals surface area contributed by atoms with Gasteiger partial charge in [0.15, 0.2) is 0 Å². The molecule has 0 spiro atoms. The van der Waals surface area contributed by atoms with E-state index in [9.17, 15) is 4.79 Å². The second-order valence-electron chi connectivity index (χ2n) is 9.13. The van der Waals surface area contributed by atoms with E-state index in [1.807, 2.05) is 0 Å². The monoisotopic (exact) mass is 383 g/mol. The van der Waals surface area contributed by atoms with Crippen molar-refractivity contribution in [2.75, 3.05) is 32.8 Å². The second kappa shape index (κ2) is 8.13. The standard InChI is InChI=1S/C23H33N3O2/c27-23-15-19(25-9-11-28-12-10-25)14-22(24-23)26-16-18-7-4-8-20(18)21(26)13-17-5-2-1-3-6-17/h1-3,5-6,18-22H,4,7-16H2,(H,24,27)/t18-,19?,20-,21-,22?/m0/s1. The molecular weight excluding hydrogens is 350 g/mol. The van der Waals surface area contributed by atoms with Crippen LogP contribution in [-0.2, 0) is 16.0 Å². The summed E-state index contributed by atoms with van der Waals surface area (Å²) in [5, 5.41) is 3.36. The molecule has 28 heavy (non-hydrogen) atoms. The quantitative estimate of drug-likeness (QED) is 0.866. The number of hydrogen-bond donors (Lipinski definition) is 1. The van der Waals surface area contributed by atoms with Crippen molar-refractivity contribution < 1.29 is 9.53 Å². The smallest absolute Gasteiger partial charge is 0.222 e. The molecule has 0 aromatic heterocycles. The van der Waals surface area contributed by atoms with Gasteiger partial charge in [0.05, 0.1) is 19.4 Å². The van der Waals surface area contributed by atoms with Crippen molar-refractivity contribution in [3.8, 4) is 0 Å². The Morgan fingerprint density at radius 3 is 2.75 bits per heavy atom. The molecule has 4 fully saturated rings. The van der Waals surface area contributed by atoms with Gasteiger partial charge in [-0.2, -0.15) is 0 Å². The van der Waals surface area contributed by atoms with E-state index in [2.05, 4.69) is 45.4 Å². The molecule has 1 N–H and O–H groups in total. The van der Waals surface area contributed by atoms with Gasteiger partial charge in [0, 0.05) is 38.1 Å². The molecule has 5 nitrogen and oxygen atoms in total. The lowest BCUT2D eigenvalue weighted by molar-refractivity contribution is -0.129. The number of nitrogens with one attached hydrogen (secondary N) is 1. The summed E-state index contributed by atoms with van der Waals surface area (Å²) in [5.41, 5.74) is 1.43. The molecule has 5 heteroatoms. The third-order valence-electron chi connectivity index (χ3n) is 7.58. The summed E-state index contributed by atoms with van der Waals surface area (Å²) in [6.07, 6.45) is 7.08. The Balaban J connectivity index is 1.34. The van der Waals surface area contributed by atoms with Gasteiger partial charge in [0.2, 0.25) is 5.91 Å². The molecule has 0 bridgehead atoms. The molecule has 4 aliphatic rings. The zero-order valence-electron chi connectivity index (χ0n) is 16.8. The number of nitrogens with zero attached hydrogens (tertiary/aromatic N) is 2. The summed E-state index contributed by atoms with van der Waals surface area (Å²) in [6.45, 7) is 4.68. The molecule has 1 saturated carbocycles. The molecule has 3 heterocycles. The van der Waals surface area contributed by atoms with E-state index in [0.29, 0.717) is 18.5 Å². The van der Waals surface area contributed by atoms with Crippen LogP contribution in [0.4, 0.5) is 0 Å². The SMILES string of the molecule is O=C1CC(N2CCOCC2)CC(N2C[C@@H]3CCC[C@@H]3[C@@H]2Cc2ccccc2)N1. The predicted molar refractivity (Wildman–Crippen MR) is 109 cm³/mol. The lowest BCUT2D eigenvalue weighted by Gasteiger charge is -2.44. The first kappa shape index (κ1) is 18.6. The number of morpholine rings is 1. The predicted octanol–water partition coefficient (Wildman–Crippen LogP) is 2.27. The Morgan fingerprint density at radius 2 is 1.93 bits per heavy atom. The highest BCUT2D eigenvalue weighted by Crippen LogP contribution is 2.44. The highest BCUT2D eigenvalue weighted by molar-refractivity contribution is 5.77. The molecule has 0 radical (unpaired) electrons. The lowest BCUT2D eigenvalue weighted by atomic mass is 9.89. The van der Waals surface area contributed by atoms with Gasteiger partial charge in [-0.15, -0.1) is 0 Å². The average molecular weight is 384 g/mol. The number of hydrogen-bond acceptors (Lipinski definition) is 4. The van der Waals surface area contributed by atoms with Crippen LogP contribution in [0.5, 0.6) is 0 Å². The van der Waals surface area contributed by atoms with Crippen molar-refractivity contribution >= 4 is 5.91 Å². The fraction of sp³-hybridized carbons (Fsp3) is 0.696. The van der Waals surface area contributed by atoms with Gasteiger partial charge in [-0.25, -0.2) is 0 Å². The largest absolute Gasteiger partial charge is 0.379 e. The third kappa shape index (κ3) is 3.72. The molecule has 5 atom stereocenters. The van der Waals surface area contributed by atoms with Crippen molar-refractivity contribution in [3.63, 3.8) is 0 Å².